The number of anilines is 4. The number of aryl methyl sites for hydroxylation is 4. The number of hydrogen-bond donors (Lipinski definition) is 4. The predicted molar refractivity (Wildman–Crippen MR) is 316 cm³/mol. The molecule has 3 aliphatic carbocycles. The molecule has 85 heavy (non-hydrogen) atoms. The normalized spacial score (nSPS) is 13.2. The maximum Gasteiger partial charge on any atom is 2.00 e. The number of hydrogen-bond acceptors (Lipinski definition) is 20. The molecule has 0 saturated carbocycles. The van der Waals surface area contributed by atoms with Crippen molar-refractivity contribution < 1.29 is 110 Å². The number of benzene rings is 3. The third-order valence-electron chi connectivity index (χ3n) is 13.1. The molecule has 4 aromatic heterocycles. The molecule has 2 aliphatic heterocycles. The van der Waals surface area contributed by atoms with E-state index in [1.165, 1.54) is 39.5 Å². The van der Waals surface area contributed by atoms with Gasteiger partial charge in [0, 0.05) is 53.3 Å². The first-order chi connectivity index (χ1) is 38.1. The van der Waals surface area contributed by atoms with Gasteiger partial charge in [-0.1, -0.05) is 101 Å². The summed E-state index contributed by atoms with van der Waals surface area (Å²) in [4.78, 5) is 52.8. The van der Waals surface area contributed by atoms with Crippen molar-refractivity contribution >= 4 is 88.0 Å². The van der Waals surface area contributed by atoms with E-state index in [2.05, 4.69) is 53.8 Å². The molecule has 0 atom stereocenters. The topological polar surface area (TPSA) is 335 Å². The summed E-state index contributed by atoms with van der Waals surface area (Å²) in [5, 5.41) is 8.76. The predicted octanol–water partition coefficient (Wildman–Crippen LogP) is 2.56. The Labute approximate surface area is 553 Å². The Bertz CT molecular complexity index is 3850. The van der Waals surface area contributed by atoms with E-state index in [1.54, 1.807) is 0 Å². The van der Waals surface area contributed by atoms with Crippen LogP contribution in [0.25, 0.3) is 56.5 Å². The van der Waals surface area contributed by atoms with Crippen LogP contribution >= 0.6 is 0 Å². The van der Waals surface area contributed by atoms with Gasteiger partial charge in [-0.2, -0.15) is 33.2 Å². The van der Waals surface area contributed by atoms with E-state index in [9.17, 15) is 21.4 Å². The zero-order chi connectivity index (χ0) is 55.7. The fourth-order valence-electron chi connectivity index (χ4n) is 9.69. The van der Waals surface area contributed by atoms with Gasteiger partial charge in [0.25, 0.3) is 0 Å². The Balaban J connectivity index is 0.000000389. The summed E-state index contributed by atoms with van der Waals surface area (Å²) in [5.41, 5.74) is 13.5. The Hall–Kier alpha value is -5.39. The van der Waals surface area contributed by atoms with Crippen molar-refractivity contribution in [2.75, 3.05) is 35.3 Å². The van der Waals surface area contributed by atoms with Crippen LogP contribution in [-0.2, 0) is 80.0 Å². The molecule has 3 aromatic carbocycles. The molecule has 7 aromatic rings. The Morgan fingerprint density at radius 1 is 0.553 bits per heavy atom. The van der Waals surface area contributed by atoms with Crippen LogP contribution in [0.2, 0.25) is 0 Å². The Morgan fingerprint density at radius 2 is 0.965 bits per heavy atom. The molecule has 4 N–H and O–H groups in total. The Morgan fingerprint density at radius 3 is 1.42 bits per heavy atom. The quantitative estimate of drug-likeness (QED) is 0.0626. The first-order valence-electron chi connectivity index (χ1n) is 25.8. The molecular formula is C56H67CuN15Na2O8S3. The van der Waals surface area contributed by atoms with Crippen LogP contribution in [0, 0.1) is 6.07 Å². The van der Waals surface area contributed by atoms with Gasteiger partial charge >= 0.3 is 86.8 Å². The largest absolute Gasteiger partial charge is 2.00 e. The maximum atomic E-state index is 11.3. The second kappa shape index (κ2) is 33.7. The van der Waals surface area contributed by atoms with Crippen molar-refractivity contribution in [3.8, 4) is 22.8 Å². The molecule has 0 saturated heterocycles. The first kappa shape index (κ1) is 73.9. The monoisotopic (exact) mass is 1280 g/mol. The fourth-order valence-corrected chi connectivity index (χ4v) is 10.7. The van der Waals surface area contributed by atoms with E-state index >= 15 is 0 Å². The average Bonchev–Trinajstić information content (AvgIpc) is 2.05. The van der Waals surface area contributed by atoms with Gasteiger partial charge in [-0.15, -0.1) is 18.7 Å². The third-order valence-corrected chi connectivity index (χ3v) is 14.7. The van der Waals surface area contributed by atoms with Gasteiger partial charge < -0.3 is 50.4 Å². The SMILES string of the molecule is C.C.C.CC.CS(=O)(=O)NCCNc1nc(NCc2ccccc2)nc(Nc2[c-]ccc(S(=O)(=O)[O-])c2)n1.O=S(=O)=O.[Cu+2].[Na+].[Na+].c1ccc2c(c1)-c1nc-2nc2[n-]c(nc3nc(nc4[n-]c(n1)c1c4CCCC1)C1=C3CCCC1)c1c2CCCC1. The molecule has 5 aliphatic rings. The molecule has 0 amide bonds. The summed E-state index contributed by atoms with van der Waals surface area (Å²) >= 11 is 0. The van der Waals surface area contributed by atoms with E-state index in [1.807, 2.05) is 56.3 Å². The van der Waals surface area contributed by atoms with Gasteiger partial charge in [0.1, 0.15) is 10.1 Å². The number of nitrogens with one attached hydrogen (secondary N) is 4. The van der Waals surface area contributed by atoms with Gasteiger partial charge in [0.2, 0.25) is 27.9 Å². The van der Waals surface area contributed by atoms with Crippen LogP contribution in [-0.4, -0.2) is 98.2 Å². The molecular weight excluding hydrogens is 1220 g/mol. The van der Waals surface area contributed by atoms with Gasteiger partial charge in [-0.3, -0.25) is 0 Å². The third kappa shape index (κ3) is 19.1. The van der Waals surface area contributed by atoms with E-state index in [0.29, 0.717) is 18.2 Å². The number of rotatable bonds is 11. The van der Waals surface area contributed by atoms with Crippen LogP contribution in [0.1, 0.15) is 127 Å². The second-order valence-electron chi connectivity index (χ2n) is 18.5. The van der Waals surface area contributed by atoms with E-state index in [-0.39, 0.29) is 135 Å². The summed E-state index contributed by atoms with van der Waals surface area (Å²) < 4.78 is 83.9. The van der Waals surface area contributed by atoms with Crippen molar-refractivity contribution in [3.05, 3.63) is 118 Å². The molecule has 0 spiro atoms. The van der Waals surface area contributed by atoms with Crippen LogP contribution in [0.15, 0.2) is 77.7 Å². The van der Waals surface area contributed by atoms with Crippen molar-refractivity contribution in [1.82, 2.24) is 59.5 Å². The summed E-state index contributed by atoms with van der Waals surface area (Å²) in [6, 6.07) is 24.1. The number of aromatic nitrogens is 11. The standard InChI is InChI=1S/C32H28N8.C19H22N7O5S2.C2H6.3CH4.Cu.2Na.O3S/c1-2-10-18-17(9-1)25-33-26(18)38-28-21-13-5-6-14-22(21)30(35-28)40-32-24-16-8-7-15-23(24)31(36-32)39-29-20-12-4-3-11-19(20)27(34-29)37-25;1-32(27,28)22-11-10-20-17-24-18(21-13-14-6-3-2-4-7-14)26-19(25-17)23-15-8-5-9-16(12-15)33(29,30)31;1-2;;;;;;;1-4(2)3/h1-2,9-10H,3-8,11-16H2;2-7,9,12,22H,10-11,13H2,1H3,(H,29,30,31)(H3,20,21,23,24,25,26);1-2H3;3*1H4;;;;/q-2;-1;;;;;+2;2*+1;/p-1. The van der Waals surface area contributed by atoms with Gasteiger partial charge in [0.15, 0.2) is 0 Å². The summed E-state index contributed by atoms with van der Waals surface area (Å²) in [5.74, 6) is 3.29. The van der Waals surface area contributed by atoms with Crippen molar-refractivity contribution in [2.24, 2.45) is 0 Å². The average molecular weight is 1280 g/mol. The van der Waals surface area contributed by atoms with Crippen molar-refractivity contribution in [2.45, 2.75) is 125 Å². The Kier molecular flexibility index (Phi) is 29.2. The fraction of sp³-hybridized carbons (Fsp3) is 0.375. The molecule has 6 heterocycles. The number of nitrogens with zero attached hydrogens (tertiary/aromatic N) is 11. The van der Waals surface area contributed by atoms with E-state index < -0.39 is 35.6 Å². The van der Waals surface area contributed by atoms with Gasteiger partial charge in [0.05, 0.1) is 29.6 Å². The first-order valence-corrected chi connectivity index (χ1v) is 30.1. The molecule has 1 radical (unpaired) electrons. The van der Waals surface area contributed by atoms with Crippen LogP contribution in [0.3, 0.4) is 0 Å². The van der Waals surface area contributed by atoms with E-state index in [4.69, 9.17) is 52.5 Å². The van der Waals surface area contributed by atoms with Crippen LogP contribution in [0.5, 0.6) is 0 Å². The minimum absolute atomic E-state index is 0. The zero-order valence-corrected chi connectivity index (χ0v) is 53.1. The molecule has 0 unspecified atom stereocenters. The summed E-state index contributed by atoms with van der Waals surface area (Å²) in [6.07, 6.45) is 13.8. The minimum atomic E-state index is -4.64. The smallest absolute Gasteiger partial charge is 0.746 e. The summed E-state index contributed by atoms with van der Waals surface area (Å²) in [6.45, 7) is 4.73. The molecule has 29 heteroatoms. The molecule has 23 nitrogen and oxygen atoms in total. The van der Waals surface area contributed by atoms with E-state index in [0.717, 1.165) is 146 Å². The van der Waals surface area contributed by atoms with Gasteiger partial charge in [-0.25, -0.2) is 31.5 Å². The maximum absolute atomic E-state index is 11.3. The molecule has 12 rings (SSSR count). The van der Waals surface area contributed by atoms with Crippen LogP contribution in [0.4, 0.5) is 23.5 Å². The van der Waals surface area contributed by atoms with Crippen molar-refractivity contribution in [3.63, 3.8) is 0 Å². The number of sulfonamides is 1. The zero-order valence-electron chi connectivity index (χ0n) is 45.7. The van der Waals surface area contributed by atoms with Gasteiger partial charge in [-0.05, 0) is 116 Å². The minimum Gasteiger partial charge on any atom is -0.746 e. The van der Waals surface area contributed by atoms with Crippen molar-refractivity contribution in [1.29, 1.82) is 0 Å². The van der Waals surface area contributed by atoms with Crippen LogP contribution < -0.4 is 89.8 Å². The number of allylic oxidation sites excluding steroid dienone is 2. The molecule has 0 fully saturated rings. The number of fused-ring (bicyclic) bond motifs is 19. The molecule has 445 valence electrons. The second-order valence-corrected chi connectivity index (χ2v) is 22.1. The summed E-state index contributed by atoms with van der Waals surface area (Å²) in [7, 11) is -11.1. The molecule has 8 bridgehead atoms.